The molecule has 24 heavy (non-hydrogen) atoms. The first-order valence-corrected chi connectivity index (χ1v) is 7.58. The second kappa shape index (κ2) is 7.25. The van der Waals surface area contributed by atoms with Crippen LogP contribution in [0.2, 0.25) is 0 Å². The van der Waals surface area contributed by atoms with Gasteiger partial charge in [-0.05, 0) is 12.1 Å². The third-order valence-corrected chi connectivity index (χ3v) is 3.63. The minimum absolute atomic E-state index is 0.370. The highest BCUT2D eigenvalue weighted by Gasteiger charge is 2.23. The van der Waals surface area contributed by atoms with E-state index in [1.807, 2.05) is 0 Å². The molecule has 12 heteroatoms. The van der Waals surface area contributed by atoms with Crippen molar-refractivity contribution in [2.75, 3.05) is 13.1 Å². The average molecular weight is 363 g/mol. The van der Waals surface area contributed by atoms with Crippen LogP contribution in [0.5, 0.6) is 5.75 Å². The zero-order chi connectivity index (χ0) is 18.7. The Hall–Kier alpha value is -2.70. The standard InChI is InChI=1S/C12H13NO10S/c14-9(15)4-13(5-10(16)17)3-6-1-7(24(21,22)23)2-8(11(6)18)12(19)20/h1-2,18H,3-5H2,(H,14,15)(H,16,17)(H,19,20)(H,21,22,23). The lowest BCUT2D eigenvalue weighted by atomic mass is 10.1. The number of hydrogen-bond donors (Lipinski definition) is 5. The first-order chi connectivity index (χ1) is 10.9. The Kier molecular flexibility index (Phi) is 5.84. The van der Waals surface area contributed by atoms with Gasteiger partial charge in [0.25, 0.3) is 10.1 Å². The van der Waals surface area contributed by atoms with E-state index in [9.17, 15) is 27.9 Å². The number of carboxylic acids is 3. The second-order valence-corrected chi connectivity index (χ2v) is 6.11. The van der Waals surface area contributed by atoms with Crippen molar-refractivity contribution in [3.05, 3.63) is 23.3 Å². The minimum atomic E-state index is -4.81. The molecule has 0 aliphatic rings. The maximum absolute atomic E-state index is 11.2. The van der Waals surface area contributed by atoms with Crippen molar-refractivity contribution in [3.63, 3.8) is 0 Å². The van der Waals surface area contributed by atoms with Gasteiger partial charge in [0.05, 0.1) is 18.0 Å². The summed E-state index contributed by atoms with van der Waals surface area (Å²) in [5.41, 5.74) is -1.21. The zero-order valence-electron chi connectivity index (χ0n) is 11.9. The minimum Gasteiger partial charge on any atom is -0.507 e. The molecule has 0 atom stereocenters. The van der Waals surface area contributed by atoms with E-state index in [1.165, 1.54) is 0 Å². The number of phenols is 1. The van der Waals surface area contributed by atoms with Crippen LogP contribution in [-0.4, -0.2) is 69.3 Å². The summed E-state index contributed by atoms with van der Waals surface area (Å²) in [6.45, 7) is -2.09. The van der Waals surface area contributed by atoms with Crippen LogP contribution in [0.4, 0.5) is 0 Å². The van der Waals surface area contributed by atoms with Crippen LogP contribution in [0.15, 0.2) is 17.0 Å². The molecule has 0 unspecified atom stereocenters. The monoisotopic (exact) mass is 363 g/mol. The predicted octanol–water partition coefficient (Wildman–Crippen LogP) is -0.692. The van der Waals surface area contributed by atoms with E-state index in [0.717, 1.165) is 11.0 Å². The molecule has 132 valence electrons. The molecule has 1 aromatic rings. The molecule has 0 fully saturated rings. The Labute approximate surface area is 135 Å². The summed E-state index contributed by atoms with van der Waals surface area (Å²) < 4.78 is 31.4. The summed E-state index contributed by atoms with van der Waals surface area (Å²) in [5, 5.41) is 36.3. The fourth-order valence-electron chi connectivity index (χ4n) is 1.89. The van der Waals surface area contributed by atoms with Gasteiger partial charge in [0.15, 0.2) is 0 Å². The van der Waals surface area contributed by atoms with Gasteiger partial charge in [-0.25, -0.2) is 4.79 Å². The normalized spacial score (nSPS) is 11.4. The Morgan fingerprint density at radius 3 is 1.88 bits per heavy atom. The van der Waals surface area contributed by atoms with E-state index in [4.69, 9.17) is 19.9 Å². The molecule has 5 N–H and O–H groups in total. The summed E-state index contributed by atoms with van der Waals surface area (Å²) in [4.78, 5) is 32.5. The van der Waals surface area contributed by atoms with Crippen molar-refractivity contribution in [1.29, 1.82) is 0 Å². The van der Waals surface area contributed by atoms with Crippen LogP contribution in [0.25, 0.3) is 0 Å². The van der Waals surface area contributed by atoms with Crippen molar-refractivity contribution in [2.24, 2.45) is 0 Å². The van der Waals surface area contributed by atoms with Crippen LogP contribution in [0.3, 0.4) is 0 Å². The fraction of sp³-hybridized carbons (Fsp3) is 0.250. The number of aromatic hydroxyl groups is 1. The molecule has 0 saturated carbocycles. The van der Waals surface area contributed by atoms with E-state index < -0.39 is 63.9 Å². The van der Waals surface area contributed by atoms with Gasteiger partial charge in [-0.3, -0.25) is 19.0 Å². The van der Waals surface area contributed by atoms with Gasteiger partial charge in [0, 0.05) is 12.1 Å². The van der Waals surface area contributed by atoms with Crippen molar-refractivity contribution >= 4 is 28.0 Å². The smallest absolute Gasteiger partial charge is 0.339 e. The molecule has 1 aromatic carbocycles. The molecule has 0 radical (unpaired) electrons. The Balaban J connectivity index is 3.39. The second-order valence-electron chi connectivity index (χ2n) is 4.69. The lowest BCUT2D eigenvalue weighted by Gasteiger charge is -2.19. The zero-order valence-corrected chi connectivity index (χ0v) is 12.7. The van der Waals surface area contributed by atoms with Gasteiger partial charge in [-0.15, -0.1) is 0 Å². The third-order valence-electron chi connectivity index (χ3n) is 2.80. The number of benzene rings is 1. The van der Waals surface area contributed by atoms with Crippen LogP contribution in [-0.2, 0) is 26.3 Å². The van der Waals surface area contributed by atoms with Gasteiger partial charge in [-0.1, -0.05) is 0 Å². The van der Waals surface area contributed by atoms with Gasteiger partial charge >= 0.3 is 17.9 Å². The van der Waals surface area contributed by atoms with E-state index in [-0.39, 0.29) is 5.56 Å². The SMILES string of the molecule is O=C(O)CN(CC(=O)O)Cc1cc(S(=O)(=O)O)cc(C(=O)O)c1O. The van der Waals surface area contributed by atoms with Crippen LogP contribution >= 0.6 is 0 Å². The first-order valence-electron chi connectivity index (χ1n) is 6.14. The highest BCUT2D eigenvalue weighted by molar-refractivity contribution is 7.85. The van der Waals surface area contributed by atoms with Crippen LogP contribution in [0, 0.1) is 0 Å². The topological polar surface area (TPSA) is 190 Å². The van der Waals surface area contributed by atoms with Crippen molar-refractivity contribution < 1.29 is 47.8 Å². The number of rotatable bonds is 8. The highest BCUT2D eigenvalue weighted by Crippen LogP contribution is 2.28. The molecular formula is C12H13NO10S. The van der Waals surface area contributed by atoms with E-state index >= 15 is 0 Å². The predicted molar refractivity (Wildman–Crippen MR) is 75.4 cm³/mol. The molecule has 0 bridgehead atoms. The maximum Gasteiger partial charge on any atom is 0.339 e. The highest BCUT2D eigenvalue weighted by atomic mass is 32.2. The van der Waals surface area contributed by atoms with Crippen molar-refractivity contribution in [2.45, 2.75) is 11.4 Å². The number of hydrogen-bond acceptors (Lipinski definition) is 7. The van der Waals surface area contributed by atoms with Gasteiger partial charge in [0.2, 0.25) is 0 Å². The molecule has 1 rings (SSSR count). The molecule has 0 aromatic heterocycles. The van der Waals surface area contributed by atoms with E-state index in [1.54, 1.807) is 0 Å². The number of nitrogens with zero attached hydrogens (tertiary/aromatic N) is 1. The summed E-state index contributed by atoms with van der Waals surface area (Å²) >= 11 is 0. The quantitative estimate of drug-likeness (QED) is 0.367. The van der Waals surface area contributed by atoms with Gasteiger partial charge < -0.3 is 20.4 Å². The summed E-state index contributed by atoms with van der Waals surface area (Å²) in [5.74, 6) is -5.33. The molecule has 0 saturated heterocycles. The molecule has 0 heterocycles. The summed E-state index contributed by atoms with van der Waals surface area (Å²) in [6.07, 6.45) is 0. The van der Waals surface area contributed by atoms with Crippen LogP contribution < -0.4 is 0 Å². The van der Waals surface area contributed by atoms with E-state index in [2.05, 4.69) is 0 Å². The fourth-order valence-corrected chi connectivity index (χ4v) is 2.45. The van der Waals surface area contributed by atoms with Crippen LogP contribution in [0.1, 0.15) is 15.9 Å². The molecular weight excluding hydrogens is 350 g/mol. The van der Waals surface area contributed by atoms with Gasteiger partial charge in [0.1, 0.15) is 11.3 Å². The number of aliphatic carboxylic acids is 2. The molecule has 0 aliphatic carbocycles. The molecule has 0 spiro atoms. The largest absolute Gasteiger partial charge is 0.507 e. The Morgan fingerprint density at radius 1 is 1.00 bits per heavy atom. The molecule has 0 aliphatic heterocycles. The van der Waals surface area contributed by atoms with E-state index in [0.29, 0.717) is 6.07 Å². The summed E-state index contributed by atoms with van der Waals surface area (Å²) in [6, 6.07) is 1.25. The summed E-state index contributed by atoms with van der Waals surface area (Å²) in [7, 11) is -4.81. The first kappa shape index (κ1) is 19.3. The Morgan fingerprint density at radius 2 is 1.50 bits per heavy atom. The molecule has 11 nitrogen and oxygen atoms in total. The number of aromatic carboxylic acids is 1. The molecule has 0 amide bonds. The lowest BCUT2D eigenvalue weighted by molar-refractivity contribution is -0.142. The van der Waals surface area contributed by atoms with Crippen molar-refractivity contribution in [1.82, 2.24) is 4.90 Å². The third kappa shape index (κ3) is 5.19. The van der Waals surface area contributed by atoms with Crippen molar-refractivity contribution in [3.8, 4) is 5.75 Å². The Bertz CT molecular complexity index is 769. The maximum atomic E-state index is 11.2. The van der Waals surface area contributed by atoms with Gasteiger partial charge in [-0.2, -0.15) is 8.42 Å². The number of carboxylic acid groups (broad SMARTS) is 3. The number of carbonyl (C=O) groups is 3. The lowest BCUT2D eigenvalue weighted by Crippen LogP contribution is -2.34. The average Bonchev–Trinajstić information content (AvgIpc) is 2.37.